The van der Waals surface area contributed by atoms with Gasteiger partial charge in [-0.05, 0) is 6.92 Å². The largest absolute Gasteiger partial charge is 0.364 e. The number of rotatable bonds is 2. The number of amides is 1. The van der Waals surface area contributed by atoms with Gasteiger partial charge in [0.15, 0.2) is 5.69 Å². The lowest BCUT2D eigenvalue weighted by Crippen LogP contribution is -2.14. The summed E-state index contributed by atoms with van der Waals surface area (Å²) in [5.41, 5.74) is 7.05. The summed E-state index contributed by atoms with van der Waals surface area (Å²) in [6, 6.07) is 0. The minimum Gasteiger partial charge on any atom is -0.364 e. The van der Waals surface area contributed by atoms with E-state index in [1.807, 2.05) is 0 Å². The molecule has 2 N–H and O–H groups in total. The lowest BCUT2D eigenvalue weighted by atomic mass is 10.2. The van der Waals surface area contributed by atoms with Gasteiger partial charge in [-0.3, -0.25) is 14.8 Å². The molecule has 2 aromatic heterocycles. The van der Waals surface area contributed by atoms with Crippen LogP contribution in [0.3, 0.4) is 0 Å². The fourth-order valence-corrected chi connectivity index (χ4v) is 1.43. The summed E-state index contributed by atoms with van der Waals surface area (Å²) in [4.78, 5) is 19.4. The molecule has 0 bridgehead atoms. The Balaban J connectivity index is 2.68. The average molecular weight is 218 g/mol. The molecule has 0 aliphatic rings. The van der Waals surface area contributed by atoms with Crippen LogP contribution in [-0.4, -0.2) is 30.9 Å². The van der Waals surface area contributed by atoms with Crippen LogP contribution < -0.4 is 5.73 Å². The number of hydrogen-bond donors (Lipinski definition) is 1. The maximum Gasteiger partial charge on any atom is 0.271 e. The molecule has 0 aliphatic heterocycles. The molecule has 0 spiro atoms. The first-order valence-corrected chi connectivity index (χ1v) is 4.58. The van der Waals surface area contributed by atoms with Gasteiger partial charge in [-0.1, -0.05) is 5.21 Å². The van der Waals surface area contributed by atoms with E-state index in [2.05, 4.69) is 20.3 Å². The van der Waals surface area contributed by atoms with Crippen molar-refractivity contribution in [2.24, 2.45) is 12.8 Å². The highest BCUT2D eigenvalue weighted by molar-refractivity contribution is 5.96. The molecule has 2 heterocycles. The second-order valence-corrected chi connectivity index (χ2v) is 3.26. The van der Waals surface area contributed by atoms with E-state index in [1.54, 1.807) is 26.4 Å². The minimum atomic E-state index is -0.631. The van der Waals surface area contributed by atoms with E-state index in [1.165, 1.54) is 4.68 Å². The van der Waals surface area contributed by atoms with Crippen molar-refractivity contribution in [2.75, 3.05) is 0 Å². The fraction of sp³-hybridized carbons (Fsp3) is 0.222. The zero-order valence-corrected chi connectivity index (χ0v) is 8.88. The molecule has 82 valence electrons. The SMILES string of the molecule is Cc1nccnc1-c1c(C(N)=O)nnn1C. The van der Waals surface area contributed by atoms with Crippen molar-refractivity contribution in [3.8, 4) is 11.4 Å². The molecule has 7 nitrogen and oxygen atoms in total. The first-order valence-electron chi connectivity index (χ1n) is 4.58. The predicted octanol–water partition coefficient (Wildman–Crippen LogP) is -0.321. The first-order chi connectivity index (χ1) is 7.61. The lowest BCUT2D eigenvalue weighted by molar-refractivity contribution is 0.0996. The molecule has 0 fully saturated rings. The van der Waals surface area contributed by atoms with Gasteiger partial charge in [-0.25, -0.2) is 4.68 Å². The van der Waals surface area contributed by atoms with E-state index < -0.39 is 5.91 Å². The number of nitrogens with two attached hydrogens (primary N) is 1. The highest BCUT2D eigenvalue weighted by Crippen LogP contribution is 2.20. The molecule has 7 heteroatoms. The Morgan fingerprint density at radius 1 is 1.38 bits per heavy atom. The smallest absolute Gasteiger partial charge is 0.271 e. The predicted molar refractivity (Wildman–Crippen MR) is 55.3 cm³/mol. The molecule has 2 rings (SSSR count). The molecule has 16 heavy (non-hydrogen) atoms. The van der Waals surface area contributed by atoms with Crippen molar-refractivity contribution in [3.05, 3.63) is 23.8 Å². The number of nitrogens with zero attached hydrogens (tertiary/aromatic N) is 5. The number of carbonyl (C=O) groups is 1. The normalized spacial score (nSPS) is 10.4. The number of hydrogen-bond acceptors (Lipinski definition) is 5. The van der Waals surface area contributed by atoms with Crippen LogP contribution in [0.15, 0.2) is 12.4 Å². The molecular formula is C9H10N6O. The average Bonchev–Trinajstić information content (AvgIpc) is 2.61. The Bertz CT molecular complexity index is 547. The van der Waals surface area contributed by atoms with Crippen LogP contribution in [0.4, 0.5) is 0 Å². The van der Waals surface area contributed by atoms with Gasteiger partial charge in [0.25, 0.3) is 5.91 Å². The second kappa shape index (κ2) is 3.69. The number of primary amides is 1. The topological polar surface area (TPSA) is 99.6 Å². The van der Waals surface area contributed by atoms with Crippen LogP contribution in [-0.2, 0) is 7.05 Å². The van der Waals surface area contributed by atoms with Crippen LogP contribution in [0, 0.1) is 6.92 Å². The lowest BCUT2D eigenvalue weighted by Gasteiger charge is -2.03. The molecule has 0 radical (unpaired) electrons. The van der Waals surface area contributed by atoms with Crippen molar-refractivity contribution < 1.29 is 4.79 Å². The number of aromatic nitrogens is 5. The van der Waals surface area contributed by atoms with Gasteiger partial charge in [0, 0.05) is 19.4 Å². The summed E-state index contributed by atoms with van der Waals surface area (Å²) in [6.45, 7) is 1.79. The Morgan fingerprint density at radius 3 is 2.69 bits per heavy atom. The molecule has 0 aromatic carbocycles. The highest BCUT2D eigenvalue weighted by atomic mass is 16.1. The Hall–Kier alpha value is -2.31. The van der Waals surface area contributed by atoms with Crippen LogP contribution in [0.2, 0.25) is 0 Å². The van der Waals surface area contributed by atoms with E-state index in [9.17, 15) is 4.79 Å². The van der Waals surface area contributed by atoms with Crippen LogP contribution in [0.5, 0.6) is 0 Å². The zero-order valence-electron chi connectivity index (χ0n) is 8.88. The van der Waals surface area contributed by atoms with Gasteiger partial charge < -0.3 is 5.73 Å². The van der Waals surface area contributed by atoms with Crippen molar-refractivity contribution in [1.29, 1.82) is 0 Å². The standard InChI is InChI=1S/C9H10N6O/c1-5-6(12-4-3-11-5)8-7(9(10)16)13-14-15(8)2/h3-4H,1-2H3,(H2,10,16). The molecule has 0 saturated carbocycles. The summed E-state index contributed by atoms with van der Waals surface area (Å²) >= 11 is 0. The second-order valence-electron chi connectivity index (χ2n) is 3.26. The van der Waals surface area contributed by atoms with E-state index in [0.717, 1.165) is 0 Å². The summed E-state index contributed by atoms with van der Waals surface area (Å²) in [5.74, 6) is -0.631. The Labute approximate surface area is 91.3 Å². The van der Waals surface area contributed by atoms with Gasteiger partial charge in [-0.2, -0.15) is 0 Å². The monoisotopic (exact) mass is 218 g/mol. The zero-order chi connectivity index (χ0) is 11.7. The third-order valence-electron chi connectivity index (χ3n) is 2.17. The quantitative estimate of drug-likeness (QED) is 0.744. The van der Waals surface area contributed by atoms with Gasteiger partial charge in [0.2, 0.25) is 0 Å². The minimum absolute atomic E-state index is 0.103. The summed E-state index contributed by atoms with van der Waals surface area (Å²) in [6.07, 6.45) is 3.12. The molecule has 0 unspecified atom stereocenters. The summed E-state index contributed by atoms with van der Waals surface area (Å²) < 4.78 is 1.46. The summed E-state index contributed by atoms with van der Waals surface area (Å²) in [7, 11) is 1.67. The Morgan fingerprint density at radius 2 is 2.06 bits per heavy atom. The molecule has 0 aliphatic carbocycles. The maximum absolute atomic E-state index is 11.2. The van der Waals surface area contributed by atoms with Crippen molar-refractivity contribution in [3.63, 3.8) is 0 Å². The third kappa shape index (κ3) is 1.52. The van der Waals surface area contributed by atoms with Gasteiger partial charge >= 0.3 is 0 Å². The van der Waals surface area contributed by atoms with E-state index in [0.29, 0.717) is 17.1 Å². The molecular weight excluding hydrogens is 208 g/mol. The van der Waals surface area contributed by atoms with E-state index in [-0.39, 0.29) is 5.69 Å². The Kier molecular flexibility index (Phi) is 2.35. The molecule has 0 atom stereocenters. The van der Waals surface area contributed by atoms with Gasteiger partial charge in [-0.15, -0.1) is 5.10 Å². The van der Waals surface area contributed by atoms with Crippen molar-refractivity contribution >= 4 is 5.91 Å². The number of aryl methyl sites for hydroxylation is 2. The van der Waals surface area contributed by atoms with Crippen molar-refractivity contribution in [1.82, 2.24) is 25.0 Å². The van der Waals surface area contributed by atoms with E-state index in [4.69, 9.17) is 5.73 Å². The third-order valence-corrected chi connectivity index (χ3v) is 2.17. The summed E-state index contributed by atoms with van der Waals surface area (Å²) in [5, 5.41) is 7.46. The van der Waals surface area contributed by atoms with Crippen LogP contribution in [0.1, 0.15) is 16.2 Å². The maximum atomic E-state index is 11.2. The van der Waals surface area contributed by atoms with Gasteiger partial charge in [0.1, 0.15) is 11.4 Å². The first kappa shape index (κ1) is 10.2. The van der Waals surface area contributed by atoms with Crippen LogP contribution in [0.25, 0.3) is 11.4 Å². The fourth-order valence-electron chi connectivity index (χ4n) is 1.43. The van der Waals surface area contributed by atoms with Crippen LogP contribution >= 0.6 is 0 Å². The van der Waals surface area contributed by atoms with Gasteiger partial charge in [0.05, 0.1) is 5.69 Å². The van der Waals surface area contributed by atoms with E-state index >= 15 is 0 Å². The number of carbonyl (C=O) groups excluding carboxylic acids is 1. The highest BCUT2D eigenvalue weighted by Gasteiger charge is 2.20. The molecule has 2 aromatic rings. The molecule has 1 amide bonds. The van der Waals surface area contributed by atoms with Crippen molar-refractivity contribution in [2.45, 2.75) is 6.92 Å². The molecule has 0 saturated heterocycles.